The summed E-state index contributed by atoms with van der Waals surface area (Å²) in [6.07, 6.45) is 1.80. The van der Waals surface area contributed by atoms with Crippen LogP contribution in [0.5, 0.6) is 5.88 Å². The Hall–Kier alpha value is -2.60. The van der Waals surface area contributed by atoms with Crippen molar-refractivity contribution in [3.63, 3.8) is 0 Å². The standard InChI is InChI=1S/C23H30N4O2/c1-16-7-5-6-8-19(16)22-20-15-26(12-17-9-10-24-21(11-17)29-4)13-18(20)14-27(22)23(28)25(2)3/h5-11,18,20,22H,12-15H2,1-4H3/t18-,20-,22+/m1/s1. The van der Waals surface area contributed by atoms with Crippen molar-refractivity contribution in [3.05, 3.63) is 59.3 Å². The summed E-state index contributed by atoms with van der Waals surface area (Å²) in [5, 5.41) is 0. The van der Waals surface area contributed by atoms with Gasteiger partial charge in [0.05, 0.1) is 13.2 Å². The van der Waals surface area contributed by atoms with Crippen LogP contribution in [-0.4, -0.2) is 66.6 Å². The number of pyridine rings is 1. The first kappa shape index (κ1) is 19.7. The third-order valence-electron chi connectivity index (χ3n) is 6.29. The van der Waals surface area contributed by atoms with Gasteiger partial charge in [0.2, 0.25) is 5.88 Å². The van der Waals surface area contributed by atoms with Crippen LogP contribution in [0.2, 0.25) is 0 Å². The molecule has 2 aromatic rings. The lowest BCUT2D eigenvalue weighted by atomic mass is 9.88. The average Bonchev–Trinajstić information content (AvgIpc) is 3.25. The molecule has 1 aromatic carbocycles. The molecule has 29 heavy (non-hydrogen) atoms. The monoisotopic (exact) mass is 394 g/mol. The molecule has 3 atom stereocenters. The first-order chi connectivity index (χ1) is 14.0. The van der Waals surface area contributed by atoms with Crippen LogP contribution in [0.25, 0.3) is 0 Å². The normalized spacial score (nSPS) is 23.9. The van der Waals surface area contributed by atoms with Crippen molar-refractivity contribution in [2.45, 2.75) is 19.5 Å². The second-order valence-electron chi connectivity index (χ2n) is 8.46. The van der Waals surface area contributed by atoms with Gasteiger partial charge in [-0.1, -0.05) is 24.3 Å². The number of benzene rings is 1. The van der Waals surface area contributed by atoms with Gasteiger partial charge in [-0.3, -0.25) is 4.90 Å². The predicted octanol–water partition coefficient (Wildman–Crippen LogP) is 3.19. The Bertz CT molecular complexity index is 885. The van der Waals surface area contributed by atoms with Gasteiger partial charge in [0.1, 0.15) is 0 Å². The summed E-state index contributed by atoms with van der Waals surface area (Å²) in [6, 6.07) is 12.8. The predicted molar refractivity (Wildman–Crippen MR) is 113 cm³/mol. The number of likely N-dealkylation sites (tertiary alicyclic amines) is 2. The Kier molecular flexibility index (Phi) is 5.46. The highest BCUT2D eigenvalue weighted by Crippen LogP contribution is 2.46. The first-order valence-electron chi connectivity index (χ1n) is 10.2. The van der Waals surface area contributed by atoms with E-state index in [4.69, 9.17) is 4.74 Å². The molecule has 1 aromatic heterocycles. The van der Waals surface area contributed by atoms with E-state index in [9.17, 15) is 4.79 Å². The van der Waals surface area contributed by atoms with Gasteiger partial charge in [-0.05, 0) is 35.6 Å². The molecule has 0 spiro atoms. The number of amides is 2. The number of hydrogen-bond acceptors (Lipinski definition) is 4. The van der Waals surface area contributed by atoms with Gasteiger partial charge in [0.25, 0.3) is 0 Å². The molecule has 2 aliphatic rings. The van der Waals surface area contributed by atoms with Gasteiger partial charge < -0.3 is 14.5 Å². The fourth-order valence-corrected chi connectivity index (χ4v) is 4.96. The molecule has 4 rings (SSSR count). The molecule has 6 nitrogen and oxygen atoms in total. The zero-order chi connectivity index (χ0) is 20.5. The number of ether oxygens (including phenoxy) is 1. The Morgan fingerprint density at radius 1 is 1.21 bits per heavy atom. The number of methoxy groups -OCH3 is 1. The second kappa shape index (κ2) is 8.03. The number of hydrogen-bond donors (Lipinski definition) is 0. The smallest absolute Gasteiger partial charge is 0.320 e. The molecule has 2 amide bonds. The fraction of sp³-hybridized carbons (Fsp3) is 0.478. The summed E-state index contributed by atoms with van der Waals surface area (Å²) in [4.78, 5) is 23.4. The molecule has 0 bridgehead atoms. The van der Waals surface area contributed by atoms with Crippen LogP contribution < -0.4 is 4.74 Å². The van der Waals surface area contributed by atoms with E-state index in [1.165, 1.54) is 16.7 Å². The summed E-state index contributed by atoms with van der Waals surface area (Å²) in [5.74, 6) is 1.60. The number of rotatable bonds is 4. The molecular formula is C23H30N4O2. The van der Waals surface area contributed by atoms with E-state index in [0.29, 0.717) is 17.7 Å². The van der Waals surface area contributed by atoms with Crippen LogP contribution in [0.4, 0.5) is 4.79 Å². The summed E-state index contributed by atoms with van der Waals surface area (Å²) in [7, 11) is 5.33. The number of carbonyl (C=O) groups is 1. The lowest BCUT2D eigenvalue weighted by molar-refractivity contribution is 0.151. The highest BCUT2D eigenvalue weighted by atomic mass is 16.5. The SMILES string of the molecule is COc1cc(CN2C[C@@H]3CN(C(=O)N(C)C)[C@@H](c4ccccc4C)[C@@H]3C2)ccn1. The number of urea groups is 1. The number of carbonyl (C=O) groups excluding carboxylic acids is 1. The van der Waals surface area contributed by atoms with Crippen LogP contribution in [0.1, 0.15) is 22.7 Å². The van der Waals surface area contributed by atoms with Crippen LogP contribution in [0.15, 0.2) is 42.6 Å². The number of nitrogens with zero attached hydrogens (tertiary/aromatic N) is 4. The summed E-state index contributed by atoms with van der Waals surface area (Å²) < 4.78 is 5.27. The molecule has 154 valence electrons. The van der Waals surface area contributed by atoms with E-state index in [1.54, 1.807) is 18.2 Å². The van der Waals surface area contributed by atoms with Crippen molar-refractivity contribution in [3.8, 4) is 5.88 Å². The zero-order valence-corrected chi connectivity index (χ0v) is 17.7. The molecule has 3 heterocycles. The lowest BCUT2D eigenvalue weighted by Gasteiger charge is -2.32. The van der Waals surface area contributed by atoms with Crippen molar-refractivity contribution < 1.29 is 9.53 Å². The summed E-state index contributed by atoms with van der Waals surface area (Å²) in [6.45, 7) is 5.85. The van der Waals surface area contributed by atoms with Gasteiger partial charge in [-0.15, -0.1) is 0 Å². The van der Waals surface area contributed by atoms with Crippen LogP contribution >= 0.6 is 0 Å². The minimum atomic E-state index is 0.109. The van der Waals surface area contributed by atoms with Crippen molar-refractivity contribution in [2.24, 2.45) is 11.8 Å². The number of aromatic nitrogens is 1. The van der Waals surface area contributed by atoms with Crippen molar-refractivity contribution in [1.29, 1.82) is 0 Å². The quantitative estimate of drug-likeness (QED) is 0.799. The van der Waals surface area contributed by atoms with E-state index in [0.717, 1.165) is 26.2 Å². The molecule has 6 heteroatoms. The topological polar surface area (TPSA) is 48.9 Å². The fourth-order valence-electron chi connectivity index (χ4n) is 4.96. The van der Waals surface area contributed by atoms with E-state index >= 15 is 0 Å². The molecule has 0 unspecified atom stereocenters. The summed E-state index contributed by atoms with van der Waals surface area (Å²) in [5.41, 5.74) is 3.75. The minimum absolute atomic E-state index is 0.109. The Morgan fingerprint density at radius 2 is 2.00 bits per heavy atom. The van der Waals surface area contributed by atoms with Crippen LogP contribution in [0, 0.1) is 18.8 Å². The molecular weight excluding hydrogens is 364 g/mol. The lowest BCUT2D eigenvalue weighted by Crippen LogP contribution is -2.41. The first-order valence-corrected chi connectivity index (χ1v) is 10.2. The van der Waals surface area contributed by atoms with E-state index in [-0.39, 0.29) is 12.1 Å². The Balaban J connectivity index is 1.57. The minimum Gasteiger partial charge on any atom is -0.481 e. The molecule has 0 N–H and O–H groups in total. The highest BCUT2D eigenvalue weighted by molar-refractivity contribution is 5.75. The average molecular weight is 395 g/mol. The molecule has 0 radical (unpaired) electrons. The maximum absolute atomic E-state index is 12.9. The van der Waals surface area contributed by atoms with Crippen LogP contribution in [-0.2, 0) is 6.54 Å². The van der Waals surface area contributed by atoms with E-state index < -0.39 is 0 Å². The van der Waals surface area contributed by atoms with Crippen molar-refractivity contribution in [2.75, 3.05) is 40.8 Å². The van der Waals surface area contributed by atoms with Crippen molar-refractivity contribution >= 4 is 6.03 Å². The molecule has 2 saturated heterocycles. The van der Waals surface area contributed by atoms with E-state index in [2.05, 4.69) is 52.0 Å². The third kappa shape index (κ3) is 3.81. The largest absolute Gasteiger partial charge is 0.481 e. The number of aryl methyl sites for hydroxylation is 1. The van der Waals surface area contributed by atoms with E-state index in [1.807, 2.05) is 20.2 Å². The van der Waals surface area contributed by atoms with Gasteiger partial charge in [0.15, 0.2) is 0 Å². The summed E-state index contributed by atoms with van der Waals surface area (Å²) >= 11 is 0. The van der Waals surface area contributed by atoms with Crippen LogP contribution in [0.3, 0.4) is 0 Å². The molecule has 0 aliphatic carbocycles. The van der Waals surface area contributed by atoms with Gasteiger partial charge in [0, 0.05) is 58.5 Å². The third-order valence-corrected chi connectivity index (χ3v) is 6.29. The van der Waals surface area contributed by atoms with Gasteiger partial charge in [-0.2, -0.15) is 0 Å². The molecule has 2 fully saturated rings. The van der Waals surface area contributed by atoms with Gasteiger partial charge >= 0.3 is 6.03 Å². The molecule has 0 saturated carbocycles. The maximum Gasteiger partial charge on any atom is 0.320 e. The molecule has 2 aliphatic heterocycles. The zero-order valence-electron chi connectivity index (χ0n) is 17.7. The van der Waals surface area contributed by atoms with Crippen molar-refractivity contribution in [1.82, 2.24) is 19.7 Å². The maximum atomic E-state index is 12.9. The Morgan fingerprint density at radius 3 is 2.72 bits per heavy atom. The second-order valence-corrected chi connectivity index (χ2v) is 8.46. The highest BCUT2D eigenvalue weighted by Gasteiger charge is 2.49. The number of fused-ring (bicyclic) bond motifs is 1. The Labute approximate surface area is 173 Å². The van der Waals surface area contributed by atoms with Gasteiger partial charge in [-0.25, -0.2) is 9.78 Å².